The molecule has 0 fully saturated rings. The second kappa shape index (κ2) is 9.06. The van der Waals surface area contributed by atoms with Gasteiger partial charge in [-0.1, -0.05) is 25.4 Å². The Labute approximate surface area is 126 Å². The highest BCUT2D eigenvalue weighted by atomic mass is 35.5. The molecule has 0 saturated heterocycles. The zero-order valence-electron chi connectivity index (χ0n) is 12.4. The largest absolute Gasteiger partial charge is 0.493 e. The van der Waals surface area contributed by atoms with Gasteiger partial charge in [-0.15, -0.1) is 0 Å². The molecule has 5 heteroatoms. The molecule has 0 unspecified atom stereocenters. The van der Waals surface area contributed by atoms with Crippen LogP contribution >= 0.6 is 11.6 Å². The lowest BCUT2D eigenvalue weighted by atomic mass is 10.1. The smallest absolute Gasteiger partial charge is 0.165 e. The lowest BCUT2D eigenvalue weighted by molar-refractivity contribution is 0.237. The number of halogens is 1. The number of hydrogen-bond donors (Lipinski definition) is 2. The van der Waals surface area contributed by atoms with Crippen molar-refractivity contribution in [3.05, 3.63) is 22.7 Å². The fourth-order valence-electron chi connectivity index (χ4n) is 1.87. The monoisotopic (exact) mass is 301 g/mol. The summed E-state index contributed by atoms with van der Waals surface area (Å²) in [6.45, 7) is 5.40. The Kier molecular flexibility index (Phi) is 7.73. The van der Waals surface area contributed by atoms with Crippen molar-refractivity contribution in [3.8, 4) is 11.5 Å². The molecule has 1 rings (SSSR count). The third-order valence-corrected chi connectivity index (χ3v) is 3.28. The lowest BCUT2D eigenvalue weighted by Gasteiger charge is -2.18. The normalized spacial score (nSPS) is 12.2. The van der Waals surface area contributed by atoms with Gasteiger partial charge in [0.2, 0.25) is 0 Å². The second-order valence-corrected chi connectivity index (χ2v) is 5.05. The molecule has 1 atom stereocenters. The van der Waals surface area contributed by atoms with E-state index in [-0.39, 0.29) is 12.6 Å². The van der Waals surface area contributed by atoms with Gasteiger partial charge in [0.05, 0.1) is 20.3 Å². The Morgan fingerprint density at radius 2 is 2.10 bits per heavy atom. The summed E-state index contributed by atoms with van der Waals surface area (Å²) in [5, 5.41) is 13.1. The van der Waals surface area contributed by atoms with Crippen LogP contribution in [0, 0.1) is 0 Å². The van der Waals surface area contributed by atoms with E-state index in [0.717, 1.165) is 24.2 Å². The summed E-state index contributed by atoms with van der Waals surface area (Å²) < 4.78 is 11.1. The third-order valence-electron chi connectivity index (χ3n) is 3.06. The molecule has 4 nitrogen and oxygen atoms in total. The summed E-state index contributed by atoms with van der Waals surface area (Å²) in [5.74, 6) is 1.36. The minimum Gasteiger partial charge on any atom is -0.493 e. The van der Waals surface area contributed by atoms with Crippen molar-refractivity contribution in [3.63, 3.8) is 0 Å². The van der Waals surface area contributed by atoms with Gasteiger partial charge in [-0.3, -0.25) is 0 Å². The zero-order chi connectivity index (χ0) is 15.0. The van der Waals surface area contributed by atoms with Gasteiger partial charge in [-0.05, 0) is 18.9 Å². The van der Waals surface area contributed by atoms with Crippen molar-refractivity contribution in [2.75, 3.05) is 20.3 Å². The molecule has 0 saturated carbocycles. The molecule has 0 amide bonds. The maximum Gasteiger partial charge on any atom is 0.165 e. The van der Waals surface area contributed by atoms with Gasteiger partial charge in [-0.2, -0.15) is 0 Å². The first-order chi connectivity index (χ1) is 9.65. The highest BCUT2D eigenvalue weighted by molar-refractivity contribution is 6.30. The first-order valence-corrected chi connectivity index (χ1v) is 7.37. The van der Waals surface area contributed by atoms with E-state index in [1.54, 1.807) is 13.2 Å². The molecule has 0 aliphatic rings. The molecule has 0 bridgehead atoms. The van der Waals surface area contributed by atoms with Crippen LogP contribution in [0.15, 0.2) is 12.1 Å². The highest BCUT2D eigenvalue weighted by Gasteiger charge is 2.14. The van der Waals surface area contributed by atoms with Crippen molar-refractivity contribution < 1.29 is 14.6 Å². The van der Waals surface area contributed by atoms with E-state index in [1.165, 1.54) is 0 Å². The quantitative estimate of drug-likeness (QED) is 0.736. The number of hydrogen-bond acceptors (Lipinski definition) is 4. The van der Waals surface area contributed by atoms with Gasteiger partial charge in [-0.25, -0.2) is 0 Å². The third kappa shape index (κ3) is 4.85. The van der Waals surface area contributed by atoms with Crippen LogP contribution in [-0.2, 0) is 6.54 Å². The molecule has 0 aromatic heterocycles. The van der Waals surface area contributed by atoms with E-state index in [1.807, 2.05) is 13.0 Å². The molecule has 1 aromatic carbocycles. The summed E-state index contributed by atoms with van der Waals surface area (Å²) in [6, 6.07) is 3.69. The lowest BCUT2D eigenvalue weighted by Crippen LogP contribution is -2.31. The predicted molar refractivity (Wildman–Crippen MR) is 81.8 cm³/mol. The summed E-state index contributed by atoms with van der Waals surface area (Å²) >= 11 is 6.11. The topological polar surface area (TPSA) is 50.7 Å². The van der Waals surface area contributed by atoms with Crippen LogP contribution in [-0.4, -0.2) is 31.5 Å². The second-order valence-electron chi connectivity index (χ2n) is 4.61. The number of benzene rings is 1. The Hall–Kier alpha value is -0.970. The van der Waals surface area contributed by atoms with E-state index in [4.69, 9.17) is 21.1 Å². The van der Waals surface area contributed by atoms with Crippen LogP contribution in [0.4, 0.5) is 0 Å². The van der Waals surface area contributed by atoms with Crippen molar-refractivity contribution in [2.24, 2.45) is 0 Å². The Bertz CT molecular complexity index is 408. The summed E-state index contributed by atoms with van der Waals surface area (Å²) in [7, 11) is 1.60. The molecule has 2 N–H and O–H groups in total. The van der Waals surface area contributed by atoms with E-state index in [2.05, 4.69) is 12.2 Å². The van der Waals surface area contributed by atoms with Crippen molar-refractivity contribution in [2.45, 2.75) is 39.3 Å². The SMILES string of the molecule is CCCOc1c(CN[C@@H](CC)CO)cc(Cl)cc1OC. The molecule has 20 heavy (non-hydrogen) atoms. The van der Waals surface area contributed by atoms with Crippen LogP contribution in [0.5, 0.6) is 11.5 Å². The molecule has 0 spiro atoms. The Morgan fingerprint density at radius 3 is 2.65 bits per heavy atom. The number of ether oxygens (including phenoxy) is 2. The summed E-state index contributed by atoms with van der Waals surface area (Å²) in [5.41, 5.74) is 0.940. The number of rotatable bonds is 9. The number of aliphatic hydroxyl groups is 1. The van der Waals surface area contributed by atoms with Gasteiger partial charge in [0, 0.05) is 29.2 Å². The first-order valence-electron chi connectivity index (χ1n) is 6.99. The molecule has 1 aromatic rings. The van der Waals surface area contributed by atoms with Crippen LogP contribution in [0.25, 0.3) is 0 Å². The first kappa shape index (κ1) is 17.1. The molecule has 114 valence electrons. The maximum atomic E-state index is 9.23. The highest BCUT2D eigenvalue weighted by Crippen LogP contribution is 2.34. The van der Waals surface area contributed by atoms with Crippen LogP contribution in [0.1, 0.15) is 32.3 Å². The molecule has 0 radical (unpaired) electrons. The average molecular weight is 302 g/mol. The fraction of sp³-hybridized carbons (Fsp3) is 0.600. The van der Waals surface area contributed by atoms with E-state index in [9.17, 15) is 5.11 Å². The number of aliphatic hydroxyl groups excluding tert-OH is 1. The van der Waals surface area contributed by atoms with E-state index < -0.39 is 0 Å². The molecule has 0 heterocycles. The standard InChI is InChI=1S/C15H24ClNO3/c1-4-6-20-15-11(9-17-13(5-2)10-18)7-12(16)8-14(15)19-3/h7-8,13,17-18H,4-6,9-10H2,1-3H3/t13-/m0/s1. The van der Waals surface area contributed by atoms with Gasteiger partial charge in [0.15, 0.2) is 11.5 Å². The molecular weight excluding hydrogens is 278 g/mol. The van der Waals surface area contributed by atoms with Crippen LogP contribution < -0.4 is 14.8 Å². The van der Waals surface area contributed by atoms with Gasteiger partial charge in [0.1, 0.15) is 0 Å². The average Bonchev–Trinajstić information content (AvgIpc) is 2.46. The number of methoxy groups -OCH3 is 1. The maximum absolute atomic E-state index is 9.23. The van der Waals surface area contributed by atoms with Crippen LogP contribution in [0.3, 0.4) is 0 Å². The molecule has 0 aliphatic heterocycles. The van der Waals surface area contributed by atoms with Gasteiger partial charge >= 0.3 is 0 Å². The molecular formula is C15H24ClNO3. The zero-order valence-corrected chi connectivity index (χ0v) is 13.2. The summed E-state index contributed by atoms with van der Waals surface area (Å²) in [6.07, 6.45) is 1.78. The van der Waals surface area contributed by atoms with Crippen molar-refractivity contribution in [1.82, 2.24) is 5.32 Å². The summed E-state index contributed by atoms with van der Waals surface area (Å²) in [4.78, 5) is 0. The van der Waals surface area contributed by atoms with Gasteiger partial charge < -0.3 is 19.9 Å². The number of nitrogens with one attached hydrogen (secondary N) is 1. The minimum atomic E-state index is 0.0685. The van der Waals surface area contributed by atoms with Crippen molar-refractivity contribution in [1.29, 1.82) is 0 Å². The fourth-order valence-corrected chi connectivity index (χ4v) is 2.10. The Morgan fingerprint density at radius 1 is 1.35 bits per heavy atom. The van der Waals surface area contributed by atoms with E-state index >= 15 is 0 Å². The Balaban J connectivity index is 2.93. The molecule has 0 aliphatic carbocycles. The minimum absolute atomic E-state index is 0.0685. The predicted octanol–water partition coefficient (Wildman–Crippen LogP) is 3.00. The van der Waals surface area contributed by atoms with E-state index in [0.29, 0.717) is 23.9 Å². The van der Waals surface area contributed by atoms with Crippen LogP contribution in [0.2, 0.25) is 5.02 Å². The van der Waals surface area contributed by atoms with Gasteiger partial charge in [0.25, 0.3) is 0 Å². The van der Waals surface area contributed by atoms with Crippen molar-refractivity contribution >= 4 is 11.6 Å².